The molecule has 0 spiro atoms. The molecule has 1 amide bonds. The number of hydrogen-bond donors (Lipinski definition) is 1. The summed E-state index contributed by atoms with van der Waals surface area (Å²) in [6.45, 7) is 5.02. The lowest BCUT2D eigenvalue weighted by Gasteiger charge is -2.40. The number of aromatic nitrogens is 1. The van der Waals surface area contributed by atoms with Crippen molar-refractivity contribution in [2.75, 3.05) is 49.5 Å². The number of carbonyl (C=O) groups is 1. The first kappa shape index (κ1) is 26.6. The Bertz CT molecular complexity index is 1440. The maximum absolute atomic E-state index is 13.7. The van der Waals surface area contributed by atoms with E-state index in [1.54, 1.807) is 12.3 Å². The van der Waals surface area contributed by atoms with E-state index in [2.05, 4.69) is 80.8 Å². The van der Waals surface area contributed by atoms with Gasteiger partial charge in [0.25, 0.3) is 5.91 Å². The summed E-state index contributed by atoms with van der Waals surface area (Å²) in [6, 6.07) is 28.8. The van der Waals surface area contributed by atoms with Crippen LogP contribution in [0.25, 0.3) is 0 Å². The summed E-state index contributed by atoms with van der Waals surface area (Å²) in [4.78, 5) is 24.9. The summed E-state index contributed by atoms with van der Waals surface area (Å²) < 4.78 is 0. The molecule has 0 bridgehead atoms. The van der Waals surface area contributed by atoms with Crippen LogP contribution in [0.4, 0.5) is 11.5 Å². The number of nitrogens with one attached hydrogen (secondary N) is 1. The van der Waals surface area contributed by atoms with E-state index < -0.39 is 0 Å². The molecule has 204 valence electrons. The second-order valence-corrected chi connectivity index (χ2v) is 11.1. The van der Waals surface area contributed by atoms with Crippen LogP contribution >= 0.6 is 23.2 Å². The van der Waals surface area contributed by atoms with Gasteiger partial charge in [-0.1, -0.05) is 83.9 Å². The topological polar surface area (TPSA) is 51.7 Å². The van der Waals surface area contributed by atoms with Gasteiger partial charge < -0.3 is 15.1 Å². The van der Waals surface area contributed by atoms with Gasteiger partial charge in [-0.15, -0.1) is 0 Å². The molecule has 1 saturated heterocycles. The quantitative estimate of drug-likeness (QED) is 0.291. The number of hydrogen-bond acceptors (Lipinski definition) is 5. The third-order valence-electron chi connectivity index (χ3n) is 7.70. The zero-order valence-electron chi connectivity index (χ0n) is 22.1. The molecule has 3 heterocycles. The van der Waals surface area contributed by atoms with Gasteiger partial charge in [-0.05, 0) is 41.0 Å². The van der Waals surface area contributed by atoms with Gasteiger partial charge in [-0.25, -0.2) is 4.98 Å². The van der Waals surface area contributed by atoms with Crippen LogP contribution in [-0.2, 0) is 6.54 Å². The lowest BCUT2D eigenvalue weighted by molar-refractivity contribution is 0.0597. The first-order valence-electron chi connectivity index (χ1n) is 13.6. The summed E-state index contributed by atoms with van der Waals surface area (Å²) in [5, 5.41) is 4.68. The first-order valence-corrected chi connectivity index (χ1v) is 14.4. The zero-order chi connectivity index (χ0) is 27.5. The number of benzene rings is 3. The summed E-state index contributed by atoms with van der Waals surface area (Å²) in [5.74, 6) is 0.788. The summed E-state index contributed by atoms with van der Waals surface area (Å²) >= 11 is 12.7. The van der Waals surface area contributed by atoms with Crippen molar-refractivity contribution in [3.8, 4) is 0 Å². The van der Waals surface area contributed by atoms with Crippen LogP contribution < -0.4 is 10.2 Å². The predicted octanol–water partition coefficient (Wildman–Crippen LogP) is 6.37. The van der Waals surface area contributed by atoms with Crippen molar-refractivity contribution < 1.29 is 4.79 Å². The van der Waals surface area contributed by atoms with E-state index in [9.17, 15) is 4.79 Å². The van der Waals surface area contributed by atoms with Gasteiger partial charge >= 0.3 is 0 Å². The minimum atomic E-state index is 0.0113. The van der Waals surface area contributed by atoms with E-state index in [0.717, 1.165) is 43.2 Å². The molecule has 0 aliphatic carbocycles. The Morgan fingerprint density at radius 3 is 2.20 bits per heavy atom. The number of halogens is 2. The van der Waals surface area contributed by atoms with E-state index in [1.807, 2.05) is 23.1 Å². The third kappa shape index (κ3) is 5.66. The molecule has 6 rings (SSSR count). The molecule has 0 atom stereocenters. The number of piperazine rings is 1. The van der Waals surface area contributed by atoms with Crippen molar-refractivity contribution in [3.63, 3.8) is 0 Å². The monoisotopic (exact) mass is 571 g/mol. The SMILES string of the molecule is O=C(c1cnc2c(c1)N(Cc1cc(Cl)ccc1Cl)CCN2)N1CCN(C(c2ccccc2)c2ccccc2)CC1. The van der Waals surface area contributed by atoms with Crippen LogP contribution in [0.1, 0.15) is 33.1 Å². The highest BCUT2D eigenvalue weighted by atomic mass is 35.5. The second kappa shape index (κ2) is 11.9. The van der Waals surface area contributed by atoms with Crippen molar-refractivity contribution >= 4 is 40.6 Å². The van der Waals surface area contributed by atoms with Crippen molar-refractivity contribution in [2.45, 2.75) is 12.6 Å². The number of anilines is 2. The highest BCUT2D eigenvalue weighted by molar-refractivity contribution is 6.33. The Morgan fingerprint density at radius 2 is 1.52 bits per heavy atom. The molecule has 8 heteroatoms. The predicted molar refractivity (Wildman–Crippen MR) is 162 cm³/mol. The van der Waals surface area contributed by atoms with Gasteiger partial charge in [0.05, 0.1) is 17.3 Å². The van der Waals surface area contributed by atoms with Gasteiger partial charge in [0.15, 0.2) is 0 Å². The Balaban J connectivity index is 1.18. The largest absolute Gasteiger partial charge is 0.367 e. The van der Waals surface area contributed by atoms with Gasteiger partial charge in [0.1, 0.15) is 5.82 Å². The van der Waals surface area contributed by atoms with Gasteiger partial charge in [-0.3, -0.25) is 9.69 Å². The molecule has 0 radical (unpaired) electrons. The molecule has 2 aliphatic heterocycles. The van der Waals surface area contributed by atoms with Crippen LogP contribution in [0.3, 0.4) is 0 Å². The molecule has 6 nitrogen and oxygen atoms in total. The first-order chi connectivity index (χ1) is 19.6. The fraction of sp³-hybridized carbons (Fsp3) is 0.250. The Labute approximate surface area is 245 Å². The number of carbonyl (C=O) groups excluding carboxylic acids is 1. The minimum absolute atomic E-state index is 0.0113. The molecule has 0 saturated carbocycles. The van der Waals surface area contributed by atoms with Crippen LogP contribution in [0, 0.1) is 0 Å². The minimum Gasteiger partial charge on any atom is -0.367 e. The molecular weight excluding hydrogens is 541 g/mol. The molecule has 1 N–H and O–H groups in total. The number of rotatable bonds is 6. The lowest BCUT2D eigenvalue weighted by atomic mass is 9.96. The molecule has 1 fully saturated rings. The van der Waals surface area contributed by atoms with Crippen molar-refractivity contribution in [1.29, 1.82) is 0 Å². The maximum atomic E-state index is 13.7. The molecular formula is C32H31Cl2N5O. The maximum Gasteiger partial charge on any atom is 0.255 e. The fourth-order valence-electron chi connectivity index (χ4n) is 5.66. The van der Waals surface area contributed by atoms with Crippen LogP contribution in [-0.4, -0.2) is 60.0 Å². The van der Waals surface area contributed by atoms with E-state index in [1.165, 1.54) is 11.1 Å². The molecule has 4 aromatic rings. The van der Waals surface area contributed by atoms with E-state index >= 15 is 0 Å². The number of pyridine rings is 1. The number of nitrogens with zero attached hydrogens (tertiary/aromatic N) is 4. The van der Waals surface area contributed by atoms with E-state index in [-0.39, 0.29) is 11.9 Å². The highest BCUT2D eigenvalue weighted by Gasteiger charge is 2.29. The third-order valence-corrected chi connectivity index (χ3v) is 8.30. The summed E-state index contributed by atoms with van der Waals surface area (Å²) in [5.41, 5.74) is 4.97. The average Bonchev–Trinajstić information content (AvgIpc) is 3.00. The molecule has 0 unspecified atom stereocenters. The molecule has 3 aromatic carbocycles. The van der Waals surface area contributed by atoms with E-state index in [4.69, 9.17) is 23.2 Å². The van der Waals surface area contributed by atoms with Crippen molar-refractivity contribution in [3.05, 3.63) is 123 Å². The van der Waals surface area contributed by atoms with Crippen LogP contribution in [0.2, 0.25) is 10.0 Å². The van der Waals surface area contributed by atoms with Gasteiger partial charge in [0, 0.05) is 62.1 Å². The van der Waals surface area contributed by atoms with Crippen molar-refractivity contribution in [2.24, 2.45) is 0 Å². The van der Waals surface area contributed by atoms with Gasteiger partial charge in [-0.2, -0.15) is 0 Å². The normalized spacial score (nSPS) is 15.6. The Kier molecular flexibility index (Phi) is 7.91. The lowest BCUT2D eigenvalue weighted by Crippen LogP contribution is -2.50. The van der Waals surface area contributed by atoms with Gasteiger partial charge in [0.2, 0.25) is 0 Å². The van der Waals surface area contributed by atoms with E-state index in [0.29, 0.717) is 35.2 Å². The highest BCUT2D eigenvalue weighted by Crippen LogP contribution is 2.33. The van der Waals surface area contributed by atoms with Crippen LogP contribution in [0.5, 0.6) is 0 Å². The zero-order valence-corrected chi connectivity index (χ0v) is 23.7. The number of amides is 1. The molecule has 1 aromatic heterocycles. The molecule has 40 heavy (non-hydrogen) atoms. The van der Waals surface area contributed by atoms with Crippen LogP contribution in [0.15, 0.2) is 91.1 Å². The second-order valence-electron chi connectivity index (χ2n) is 10.2. The smallest absolute Gasteiger partial charge is 0.255 e. The fourth-order valence-corrected chi connectivity index (χ4v) is 6.03. The van der Waals surface area contributed by atoms with Crippen molar-refractivity contribution in [1.82, 2.24) is 14.8 Å². The standard InChI is InChI=1S/C32H31Cl2N5O/c33-27-11-12-28(34)26(19-27)22-39-14-13-35-31-29(39)20-25(21-36-31)32(40)38-17-15-37(16-18-38)30(23-7-3-1-4-8-23)24-9-5-2-6-10-24/h1-12,19-21,30H,13-18,22H2,(H,35,36). The Hall–Kier alpha value is -3.58. The number of fused-ring (bicyclic) bond motifs is 1. The Morgan fingerprint density at radius 1 is 0.850 bits per heavy atom. The molecule has 2 aliphatic rings. The summed E-state index contributed by atoms with van der Waals surface area (Å²) in [6.07, 6.45) is 1.69. The average molecular weight is 573 g/mol. The summed E-state index contributed by atoms with van der Waals surface area (Å²) in [7, 11) is 0.